The van der Waals surface area contributed by atoms with Gasteiger partial charge in [-0.05, 0) is 43.7 Å². The van der Waals surface area contributed by atoms with Crippen molar-refractivity contribution in [1.82, 2.24) is 14.5 Å². The Morgan fingerprint density at radius 3 is 2.60 bits per heavy atom. The fraction of sp³-hybridized carbons (Fsp3) is 0.400. The molecule has 1 aliphatic heterocycles. The molecule has 2 aromatic heterocycles. The lowest BCUT2D eigenvalue weighted by molar-refractivity contribution is -0.115. The number of halogens is 3. The molecule has 3 heterocycles. The van der Waals surface area contributed by atoms with E-state index in [0.29, 0.717) is 22.8 Å². The summed E-state index contributed by atoms with van der Waals surface area (Å²) < 4.78 is 47.1. The molecule has 3 aromatic rings. The Kier molecular flexibility index (Phi) is 5.05. The van der Waals surface area contributed by atoms with Gasteiger partial charge in [0.2, 0.25) is 0 Å². The minimum atomic E-state index is -2.94. The topological polar surface area (TPSA) is 101 Å². The van der Waals surface area contributed by atoms with Gasteiger partial charge in [-0.1, -0.05) is 0 Å². The highest BCUT2D eigenvalue weighted by Gasteiger charge is 2.56. The summed E-state index contributed by atoms with van der Waals surface area (Å²) in [4.78, 5) is 8.28. The highest BCUT2D eigenvalue weighted by molar-refractivity contribution is 5.78. The van der Waals surface area contributed by atoms with Crippen molar-refractivity contribution in [3.8, 4) is 0 Å². The van der Waals surface area contributed by atoms with Crippen LogP contribution in [0.15, 0.2) is 36.8 Å². The van der Waals surface area contributed by atoms with Crippen LogP contribution in [0.3, 0.4) is 0 Å². The van der Waals surface area contributed by atoms with Crippen molar-refractivity contribution in [2.24, 2.45) is 0 Å². The Morgan fingerprint density at radius 1 is 1.20 bits per heavy atom. The van der Waals surface area contributed by atoms with E-state index in [1.807, 2.05) is 0 Å². The van der Waals surface area contributed by atoms with Gasteiger partial charge in [0, 0.05) is 17.1 Å². The number of fused-ring (bicyclic) bond motifs is 1. The summed E-state index contributed by atoms with van der Waals surface area (Å²) in [5, 5.41) is 33.1. The molecule has 1 aromatic carbocycles. The van der Waals surface area contributed by atoms with Crippen molar-refractivity contribution < 1.29 is 33.2 Å². The molecule has 10 heteroatoms. The number of nitrogens with zero attached hydrogens (tertiary/aromatic N) is 3. The maximum Gasteiger partial charge on any atom is 0.263 e. The van der Waals surface area contributed by atoms with Gasteiger partial charge >= 0.3 is 0 Å². The van der Waals surface area contributed by atoms with Gasteiger partial charge in [0.25, 0.3) is 6.43 Å². The molecule has 30 heavy (non-hydrogen) atoms. The first-order valence-corrected chi connectivity index (χ1v) is 9.22. The molecule has 1 fully saturated rings. The quantitative estimate of drug-likeness (QED) is 0.596. The fourth-order valence-corrected chi connectivity index (χ4v) is 3.84. The molecule has 1 aliphatic rings. The minimum Gasteiger partial charge on any atom is -0.386 e. The molecule has 7 nitrogen and oxygen atoms in total. The summed E-state index contributed by atoms with van der Waals surface area (Å²) in [6, 6.07) is 4.22. The predicted octanol–water partition coefficient (Wildman–Crippen LogP) is 2.56. The number of hydrogen-bond acceptors (Lipinski definition) is 6. The standard InChI is InChI=1S/C20H20F3N3O4/c1-9-13-3-4-26(18(13)25-8-24-9)19-15(28)20(2,29)16(30-19)14(27)10-5-11(17(22)23)7-12(21)6-10/h3-8,14-17,19,27-29H,1-2H3/t14-,15-,16+,19+,20-/m0/s1. The van der Waals surface area contributed by atoms with Crippen LogP contribution in [0, 0.1) is 12.7 Å². The van der Waals surface area contributed by atoms with E-state index >= 15 is 0 Å². The van der Waals surface area contributed by atoms with Crippen molar-refractivity contribution in [2.45, 2.75) is 50.4 Å². The number of aromatic nitrogens is 3. The van der Waals surface area contributed by atoms with Crippen molar-refractivity contribution in [2.75, 3.05) is 0 Å². The number of benzene rings is 1. The average molecular weight is 423 g/mol. The summed E-state index contributed by atoms with van der Waals surface area (Å²) in [5.74, 6) is -0.958. The van der Waals surface area contributed by atoms with Gasteiger partial charge in [0.1, 0.15) is 41.7 Å². The van der Waals surface area contributed by atoms with Crippen molar-refractivity contribution in [3.05, 3.63) is 59.4 Å². The second kappa shape index (κ2) is 7.31. The van der Waals surface area contributed by atoms with E-state index in [2.05, 4.69) is 9.97 Å². The van der Waals surface area contributed by atoms with Gasteiger partial charge in [-0.25, -0.2) is 23.1 Å². The fourth-order valence-electron chi connectivity index (χ4n) is 3.84. The van der Waals surface area contributed by atoms with Crippen LogP contribution >= 0.6 is 0 Å². The summed E-state index contributed by atoms with van der Waals surface area (Å²) >= 11 is 0. The van der Waals surface area contributed by atoms with Crippen LogP contribution in [0.1, 0.15) is 42.5 Å². The first kappa shape index (κ1) is 20.7. The second-order valence-corrected chi connectivity index (χ2v) is 7.60. The molecule has 0 unspecified atom stereocenters. The summed E-state index contributed by atoms with van der Waals surface area (Å²) in [7, 11) is 0. The summed E-state index contributed by atoms with van der Waals surface area (Å²) in [6.07, 6.45) is -5.72. The number of aliphatic hydroxyl groups is 3. The Bertz CT molecular complexity index is 1090. The Labute approximate surface area is 169 Å². The van der Waals surface area contributed by atoms with Crippen LogP contribution in [-0.2, 0) is 4.74 Å². The van der Waals surface area contributed by atoms with Crippen LogP contribution in [0.25, 0.3) is 11.0 Å². The van der Waals surface area contributed by atoms with Gasteiger partial charge < -0.3 is 24.6 Å². The predicted molar refractivity (Wildman–Crippen MR) is 99.1 cm³/mol. The third-order valence-corrected chi connectivity index (χ3v) is 5.54. The van der Waals surface area contributed by atoms with Crippen molar-refractivity contribution in [3.63, 3.8) is 0 Å². The van der Waals surface area contributed by atoms with Crippen LogP contribution in [-0.4, -0.2) is 47.7 Å². The zero-order chi connectivity index (χ0) is 21.8. The zero-order valence-corrected chi connectivity index (χ0v) is 16.1. The SMILES string of the molecule is Cc1ncnc2c1ccn2[C@@H]1O[C@H]([C@@H](O)c2cc(F)cc(C(F)F)c2)[C@@](C)(O)[C@H]1O. The normalized spacial score (nSPS) is 27.8. The number of alkyl halides is 2. The largest absolute Gasteiger partial charge is 0.386 e. The molecule has 0 bridgehead atoms. The maximum atomic E-state index is 13.8. The summed E-state index contributed by atoms with van der Waals surface area (Å²) in [6.45, 7) is 3.04. The minimum absolute atomic E-state index is 0.195. The van der Waals surface area contributed by atoms with E-state index in [0.717, 1.165) is 12.1 Å². The molecule has 0 amide bonds. The molecule has 160 valence electrons. The lowest BCUT2D eigenvalue weighted by Gasteiger charge is -2.30. The Morgan fingerprint density at radius 2 is 1.90 bits per heavy atom. The van der Waals surface area contributed by atoms with Crippen LogP contribution in [0.2, 0.25) is 0 Å². The van der Waals surface area contributed by atoms with Crippen molar-refractivity contribution in [1.29, 1.82) is 0 Å². The van der Waals surface area contributed by atoms with Gasteiger partial charge in [-0.3, -0.25) is 0 Å². The lowest BCUT2D eigenvalue weighted by Crippen LogP contribution is -2.47. The molecule has 0 saturated carbocycles. The van der Waals surface area contributed by atoms with E-state index in [1.165, 1.54) is 17.8 Å². The number of ether oxygens (including phenoxy) is 1. The first-order chi connectivity index (χ1) is 14.1. The monoisotopic (exact) mass is 423 g/mol. The van der Waals surface area contributed by atoms with Gasteiger partial charge in [-0.15, -0.1) is 0 Å². The lowest BCUT2D eigenvalue weighted by atomic mass is 9.88. The van der Waals surface area contributed by atoms with Gasteiger partial charge in [-0.2, -0.15) is 0 Å². The van der Waals surface area contributed by atoms with Crippen LogP contribution in [0.5, 0.6) is 0 Å². The van der Waals surface area contributed by atoms with E-state index in [-0.39, 0.29) is 5.56 Å². The number of rotatable bonds is 4. The Hall–Kier alpha value is -2.53. The first-order valence-electron chi connectivity index (χ1n) is 9.22. The van der Waals surface area contributed by atoms with E-state index < -0.39 is 47.9 Å². The third kappa shape index (κ3) is 3.25. The van der Waals surface area contributed by atoms with E-state index in [4.69, 9.17) is 4.74 Å². The number of aryl methyl sites for hydroxylation is 1. The summed E-state index contributed by atoms with van der Waals surface area (Å²) in [5.41, 5.74) is -1.63. The molecule has 3 N–H and O–H groups in total. The van der Waals surface area contributed by atoms with Crippen LogP contribution in [0.4, 0.5) is 13.2 Å². The van der Waals surface area contributed by atoms with E-state index in [1.54, 1.807) is 19.2 Å². The molecule has 0 spiro atoms. The molecular formula is C20H20F3N3O4. The maximum absolute atomic E-state index is 13.8. The van der Waals surface area contributed by atoms with Crippen LogP contribution < -0.4 is 0 Å². The van der Waals surface area contributed by atoms with E-state index in [9.17, 15) is 28.5 Å². The molecule has 5 atom stereocenters. The number of aliphatic hydroxyl groups excluding tert-OH is 2. The second-order valence-electron chi connectivity index (χ2n) is 7.60. The zero-order valence-electron chi connectivity index (χ0n) is 16.1. The number of hydrogen-bond donors (Lipinski definition) is 3. The highest BCUT2D eigenvalue weighted by atomic mass is 19.3. The average Bonchev–Trinajstić information content (AvgIpc) is 3.21. The molecule has 1 saturated heterocycles. The molecule has 0 aliphatic carbocycles. The highest BCUT2D eigenvalue weighted by Crippen LogP contribution is 2.43. The van der Waals surface area contributed by atoms with Gasteiger partial charge in [0.15, 0.2) is 6.23 Å². The smallest absolute Gasteiger partial charge is 0.263 e. The Balaban J connectivity index is 1.71. The molecule has 4 rings (SSSR count). The van der Waals surface area contributed by atoms with Gasteiger partial charge in [0.05, 0.1) is 5.69 Å². The molecular weight excluding hydrogens is 403 g/mol. The molecule has 0 radical (unpaired) electrons. The third-order valence-electron chi connectivity index (χ3n) is 5.54. The van der Waals surface area contributed by atoms with Crippen molar-refractivity contribution >= 4 is 11.0 Å².